The SMILES string of the molecule is CCOCCCN1C(=O)/C(=C\c2c(C)c(C#N)c(=O)n(CC)c2NCc2ccc(F)cc2)SC1=S. The second-order valence-electron chi connectivity index (χ2n) is 7.79. The summed E-state index contributed by atoms with van der Waals surface area (Å²) in [6.07, 6.45) is 2.35. The van der Waals surface area contributed by atoms with Gasteiger partial charge in [0.1, 0.15) is 27.6 Å². The molecule has 7 nitrogen and oxygen atoms in total. The standard InChI is InChI=1S/C25H27FN4O3S2/c1-4-29-22(28-15-17-7-9-18(26)10-8-17)19(16(3)20(14-27)23(29)31)13-21-24(32)30(25(34)35-21)11-6-12-33-5-2/h7-10,13,28H,4-6,11-12,15H2,1-3H3/b21-13+. The number of nitrogens with zero attached hydrogens (tertiary/aromatic N) is 3. The number of aromatic nitrogens is 1. The van der Waals surface area contributed by atoms with Crippen LogP contribution in [0.2, 0.25) is 0 Å². The summed E-state index contributed by atoms with van der Waals surface area (Å²) < 4.78 is 20.6. The van der Waals surface area contributed by atoms with Crippen LogP contribution in [-0.4, -0.2) is 39.5 Å². The normalized spacial score (nSPS) is 14.6. The molecule has 0 spiro atoms. The monoisotopic (exact) mass is 514 g/mol. The van der Waals surface area contributed by atoms with Gasteiger partial charge in [-0.15, -0.1) is 0 Å². The largest absolute Gasteiger partial charge is 0.382 e. The zero-order valence-electron chi connectivity index (χ0n) is 19.9. The van der Waals surface area contributed by atoms with Crippen LogP contribution in [0.1, 0.15) is 42.5 Å². The Morgan fingerprint density at radius 3 is 2.60 bits per heavy atom. The number of halogens is 1. The Morgan fingerprint density at radius 1 is 1.26 bits per heavy atom. The lowest BCUT2D eigenvalue weighted by atomic mass is 10.0. The fourth-order valence-corrected chi connectivity index (χ4v) is 5.03. The fourth-order valence-electron chi connectivity index (χ4n) is 3.74. The minimum Gasteiger partial charge on any atom is -0.382 e. The topological polar surface area (TPSA) is 87.4 Å². The highest BCUT2D eigenvalue weighted by Crippen LogP contribution is 2.35. The van der Waals surface area contributed by atoms with Crippen molar-refractivity contribution in [2.75, 3.05) is 25.1 Å². The number of rotatable bonds is 10. The van der Waals surface area contributed by atoms with E-state index in [0.29, 0.717) is 65.4 Å². The van der Waals surface area contributed by atoms with Crippen molar-refractivity contribution < 1.29 is 13.9 Å². The van der Waals surface area contributed by atoms with Crippen LogP contribution in [0, 0.1) is 24.1 Å². The van der Waals surface area contributed by atoms with Crippen molar-refractivity contribution in [1.82, 2.24) is 9.47 Å². The van der Waals surface area contributed by atoms with Crippen LogP contribution in [0.5, 0.6) is 0 Å². The average molecular weight is 515 g/mol. The van der Waals surface area contributed by atoms with Crippen LogP contribution in [0.3, 0.4) is 0 Å². The number of benzene rings is 1. The zero-order chi connectivity index (χ0) is 25.5. The molecule has 1 amide bonds. The number of amides is 1. The lowest BCUT2D eigenvalue weighted by Crippen LogP contribution is -2.30. The minimum absolute atomic E-state index is 0.0256. The summed E-state index contributed by atoms with van der Waals surface area (Å²) in [5, 5.41) is 12.9. The Morgan fingerprint density at radius 2 is 1.97 bits per heavy atom. The van der Waals surface area contributed by atoms with Crippen molar-refractivity contribution in [1.29, 1.82) is 5.26 Å². The number of ether oxygens (including phenoxy) is 1. The van der Waals surface area contributed by atoms with Crippen LogP contribution in [0.15, 0.2) is 34.0 Å². The summed E-state index contributed by atoms with van der Waals surface area (Å²) in [5.74, 6) is -0.0644. The van der Waals surface area contributed by atoms with E-state index in [1.807, 2.05) is 19.9 Å². The molecule has 1 aliphatic heterocycles. The lowest BCUT2D eigenvalue weighted by Gasteiger charge is -2.19. The van der Waals surface area contributed by atoms with E-state index in [9.17, 15) is 19.2 Å². The molecule has 0 saturated carbocycles. The zero-order valence-corrected chi connectivity index (χ0v) is 21.5. The first kappa shape index (κ1) is 26.6. The third kappa shape index (κ3) is 5.99. The van der Waals surface area contributed by atoms with Crippen molar-refractivity contribution in [3.63, 3.8) is 0 Å². The second kappa shape index (κ2) is 12.1. The van der Waals surface area contributed by atoms with E-state index < -0.39 is 5.56 Å². The van der Waals surface area contributed by atoms with Gasteiger partial charge < -0.3 is 10.1 Å². The maximum absolute atomic E-state index is 13.3. The summed E-state index contributed by atoms with van der Waals surface area (Å²) in [5.41, 5.74) is 1.48. The predicted octanol–water partition coefficient (Wildman–Crippen LogP) is 4.43. The smallest absolute Gasteiger partial charge is 0.270 e. The van der Waals surface area contributed by atoms with E-state index in [2.05, 4.69) is 5.32 Å². The number of carbonyl (C=O) groups is 1. The molecular formula is C25H27FN4O3S2. The Labute approximate surface area is 213 Å². The van der Waals surface area contributed by atoms with Gasteiger partial charge in [-0.3, -0.25) is 19.1 Å². The molecule has 0 aliphatic carbocycles. The van der Waals surface area contributed by atoms with Crippen molar-refractivity contribution in [3.05, 3.63) is 67.6 Å². The summed E-state index contributed by atoms with van der Waals surface area (Å²) in [4.78, 5) is 28.1. The third-order valence-electron chi connectivity index (χ3n) is 5.59. The Kier molecular flexibility index (Phi) is 9.20. The molecule has 1 N–H and O–H groups in total. The van der Waals surface area contributed by atoms with Crippen LogP contribution >= 0.6 is 24.0 Å². The van der Waals surface area contributed by atoms with E-state index >= 15 is 0 Å². The minimum atomic E-state index is -0.408. The first-order chi connectivity index (χ1) is 16.8. The first-order valence-corrected chi connectivity index (χ1v) is 12.5. The van der Waals surface area contributed by atoms with Crippen molar-refractivity contribution in [2.24, 2.45) is 0 Å². The van der Waals surface area contributed by atoms with Crippen molar-refractivity contribution >= 4 is 46.1 Å². The fraction of sp³-hybridized carbons (Fsp3) is 0.360. The van der Waals surface area contributed by atoms with Crippen LogP contribution in [0.4, 0.5) is 10.2 Å². The number of nitriles is 1. The molecule has 184 valence electrons. The average Bonchev–Trinajstić information content (AvgIpc) is 3.11. The quantitative estimate of drug-likeness (QED) is 0.285. The van der Waals surface area contributed by atoms with E-state index in [-0.39, 0.29) is 17.3 Å². The van der Waals surface area contributed by atoms with Gasteiger partial charge in [-0.25, -0.2) is 4.39 Å². The molecule has 35 heavy (non-hydrogen) atoms. The summed E-state index contributed by atoms with van der Waals surface area (Å²) in [6.45, 7) is 7.66. The highest BCUT2D eigenvalue weighted by atomic mass is 32.2. The summed E-state index contributed by atoms with van der Waals surface area (Å²) in [7, 11) is 0. The number of nitrogens with one attached hydrogen (secondary N) is 1. The molecule has 2 aromatic rings. The number of hydrogen-bond donors (Lipinski definition) is 1. The summed E-state index contributed by atoms with van der Waals surface area (Å²) >= 11 is 6.62. The van der Waals surface area contributed by atoms with Crippen LogP contribution < -0.4 is 10.9 Å². The molecule has 1 fully saturated rings. The maximum atomic E-state index is 13.3. The number of hydrogen-bond acceptors (Lipinski definition) is 7. The molecule has 2 heterocycles. The Bertz CT molecular complexity index is 1250. The molecule has 1 saturated heterocycles. The molecule has 0 radical (unpaired) electrons. The highest BCUT2D eigenvalue weighted by Gasteiger charge is 2.32. The second-order valence-corrected chi connectivity index (χ2v) is 9.46. The van der Waals surface area contributed by atoms with Gasteiger partial charge in [0, 0.05) is 38.4 Å². The molecule has 1 aromatic heterocycles. The van der Waals surface area contributed by atoms with Gasteiger partial charge in [0.25, 0.3) is 11.5 Å². The molecule has 0 bridgehead atoms. The van der Waals surface area contributed by atoms with E-state index in [4.69, 9.17) is 17.0 Å². The molecule has 1 aromatic carbocycles. The van der Waals surface area contributed by atoms with E-state index in [1.54, 1.807) is 30.0 Å². The van der Waals surface area contributed by atoms with Gasteiger partial charge in [-0.1, -0.05) is 36.1 Å². The van der Waals surface area contributed by atoms with Gasteiger partial charge in [-0.2, -0.15) is 5.26 Å². The molecule has 0 unspecified atom stereocenters. The molecular weight excluding hydrogens is 487 g/mol. The summed E-state index contributed by atoms with van der Waals surface area (Å²) in [6, 6.07) is 8.05. The predicted molar refractivity (Wildman–Crippen MR) is 141 cm³/mol. The number of thioether (sulfide) groups is 1. The van der Waals surface area contributed by atoms with Gasteiger partial charge in [0.15, 0.2) is 0 Å². The maximum Gasteiger partial charge on any atom is 0.270 e. The number of pyridine rings is 1. The first-order valence-electron chi connectivity index (χ1n) is 11.3. The van der Waals surface area contributed by atoms with Gasteiger partial charge in [0.2, 0.25) is 0 Å². The molecule has 1 aliphatic rings. The highest BCUT2D eigenvalue weighted by molar-refractivity contribution is 8.26. The third-order valence-corrected chi connectivity index (χ3v) is 6.97. The van der Waals surface area contributed by atoms with E-state index in [1.165, 1.54) is 28.5 Å². The van der Waals surface area contributed by atoms with Gasteiger partial charge in [0.05, 0.1) is 4.91 Å². The Balaban J connectivity index is 2.01. The number of anilines is 1. The molecule has 10 heteroatoms. The van der Waals surface area contributed by atoms with Crippen molar-refractivity contribution in [2.45, 2.75) is 40.3 Å². The molecule has 0 atom stereocenters. The molecule has 3 rings (SSSR count). The van der Waals surface area contributed by atoms with E-state index in [0.717, 1.165) is 5.56 Å². The van der Waals surface area contributed by atoms with Gasteiger partial charge in [-0.05, 0) is 56.5 Å². The number of carbonyl (C=O) groups excluding carboxylic acids is 1. The Hall–Kier alpha value is -3.00. The number of thiocarbonyl (C=S) groups is 1. The van der Waals surface area contributed by atoms with Crippen molar-refractivity contribution in [3.8, 4) is 6.07 Å². The van der Waals surface area contributed by atoms with Crippen LogP contribution in [-0.2, 0) is 22.6 Å². The lowest BCUT2D eigenvalue weighted by molar-refractivity contribution is -0.122. The van der Waals surface area contributed by atoms with Crippen LogP contribution in [0.25, 0.3) is 6.08 Å². The van der Waals surface area contributed by atoms with Gasteiger partial charge >= 0.3 is 0 Å².